The van der Waals surface area contributed by atoms with E-state index in [0.717, 1.165) is 10.9 Å². The van der Waals surface area contributed by atoms with Crippen LogP contribution in [-0.4, -0.2) is 31.3 Å². The molecule has 0 aromatic heterocycles. The number of fused-ring (bicyclic) bond motifs is 3. The largest absolute Gasteiger partial charge is 0.509 e. The Morgan fingerprint density at radius 3 is 1.55 bits per heavy atom. The topological polar surface area (TPSA) is 0 Å². The van der Waals surface area contributed by atoms with Crippen molar-refractivity contribution < 1.29 is 4.39 Å². The van der Waals surface area contributed by atoms with Crippen molar-refractivity contribution in [2.45, 2.75) is 38.5 Å². The van der Waals surface area contributed by atoms with E-state index < -0.39 is 6.28 Å². The molecular weight excluding hydrogens is 529 g/mol. The first kappa shape index (κ1) is 27.4. The van der Waals surface area contributed by atoms with Crippen molar-refractivity contribution in [3.8, 4) is 0 Å². The van der Waals surface area contributed by atoms with Gasteiger partial charge in [0.1, 0.15) is 0 Å². The summed E-state index contributed by atoms with van der Waals surface area (Å²) in [5.41, 5.74) is 7.68. The lowest BCUT2D eigenvalue weighted by Crippen LogP contribution is -2.79. The van der Waals surface area contributed by atoms with Gasteiger partial charge in [-0.1, -0.05) is 158 Å². The number of hydrogen-bond donors (Lipinski definition) is 0. The quantitative estimate of drug-likeness (QED) is 0.185. The zero-order valence-corrected chi connectivity index (χ0v) is 26.2. The summed E-state index contributed by atoms with van der Waals surface area (Å²) in [7, 11) is 5.03. The van der Waals surface area contributed by atoms with Crippen LogP contribution in [-0.2, 0) is 0 Å². The molecule has 0 N–H and O–H groups in total. The van der Waals surface area contributed by atoms with Crippen LogP contribution in [0.3, 0.4) is 0 Å². The van der Waals surface area contributed by atoms with Crippen LogP contribution < -0.4 is 10.9 Å². The molecule has 0 saturated heterocycles. The van der Waals surface area contributed by atoms with Crippen LogP contribution in [0.15, 0.2) is 133 Å². The fourth-order valence-corrected chi connectivity index (χ4v) is 9.28. The molecule has 8 rings (SSSR count). The van der Waals surface area contributed by atoms with Crippen LogP contribution in [0.1, 0.15) is 44.1 Å². The Balaban J connectivity index is 1.52. The number of benzene rings is 6. The van der Waals surface area contributed by atoms with Gasteiger partial charge in [-0.15, -0.1) is 16.4 Å². The maximum Gasteiger partial charge on any atom is 0.291 e. The van der Waals surface area contributed by atoms with E-state index in [4.69, 9.17) is 0 Å². The third-order valence-corrected chi connectivity index (χ3v) is 11.4. The van der Waals surface area contributed by atoms with Gasteiger partial charge in [-0.05, 0) is 51.1 Å². The molecule has 0 atom stereocenters. The summed E-state index contributed by atoms with van der Waals surface area (Å²) in [6.45, 7) is 1.14. The van der Waals surface area contributed by atoms with Gasteiger partial charge in [0.15, 0.2) is 0 Å². The highest BCUT2D eigenvalue weighted by molar-refractivity contribution is 7.10. The summed E-state index contributed by atoms with van der Waals surface area (Å²) in [5.74, 6) is 0.660. The first-order chi connectivity index (χ1) is 21.5. The summed E-state index contributed by atoms with van der Waals surface area (Å²) in [4.78, 5) is 0. The van der Waals surface area contributed by atoms with Gasteiger partial charge in [-0.3, -0.25) is 0 Å². The molecule has 1 saturated carbocycles. The molecule has 6 aromatic rings. The van der Waals surface area contributed by atoms with E-state index in [1.54, 1.807) is 11.0 Å². The predicted octanol–water partition coefficient (Wildman–Crippen LogP) is 9.26. The van der Waals surface area contributed by atoms with E-state index in [0.29, 0.717) is 5.92 Å². The SMILES string of the molecule is C[N+]1(C)CCC(C2CCCCC2)=C(c2ccc3ccccc3c2)[B-]1(c1ccc2ccccc2c1)c1ccc2ccccc2c1. The standard InChI is InChI=1S/C42H42BN/c1-44(2)27-26-41(34-15-4-3-5-16-34)42(38-21-20-31-12-6-9-17-35(31)28-38)43(44,39-24-22-32-13-7-10-18-36(32)29-39)40-25-23-33-14-8-11-19-37(33)30-40/h6-14,17-25,28-30,34H,3-5,15-16,26-27H2,1-2H3. The first-order valence-corrected chi connectivity index (χ1v) is 16.7. The third-order valence-electron chi connectivity index (χ3n) is 11.4. The lowest BCUT2D eigenvalue weighted by Gasteiger charge is -2.62. The van der Waals surface area contributed by atoms with E-state index in [-0.39, 0.29) is 0 Å². The van der Waals surface area contributed by atoms with Crippen LogP contribution in [0, 0.1) is 5.92 Å². The molecule has 2 heteroatoms. The molecule has 0 radical (unpaired) electrons. The normalized spacial score (nSPS) is 18.7. The van der Waals surface area contributed by atoms with Gasteiger partial charge in [0, 0.05) is 27.1 Å². The number of hydrogen-bond acceptors (Lipinski definition) is 0. The van der Waals surface area contributed by atoms with Crippen molar-refractivity contribution in [2.24, 2.45) is 5.92 Å². The Hall–Kier alpha value is -4.14. The molecular formula is C42H42BN. The summed E-state index contributed by atoms with van der Waals surface area (Å²) in [6, 6.07) is 48.8. The molecule has 0 spiro atoms. The van der Waals surface area contributed by atoms with E-state index in [2.05, 4.69) is 141 Å². The summed E-state index contributed by atoms with van der Waals surface area (Å²) in [5, 5.41) is 7.92. The predicted molar refractivity (Wildman–Crippen MR) is 192 cm³/mol. The summed E-state index contributed by atoms with van der Waals surface area (Å²) in [6.07, 6.45) is 6.48. The van der Waals surface area contributed by atoms with Gasteiger partial charge in [0.05, 0.1) is 0 Å². The third kappa shape index (κ3) is 4.34. The number of nitrogens with zero attached hydrogens (tertiary/aromatic N) is 1. The summed E-state index contributed by atoms with van der Waals surface area (Å²) < 4.78 is 0.940. The molecule has 1 aliphatic heterocycles. The van der Waals surface area contributed by atoms with Crippen LogP contribution in [0.25, 0.3) is 37.8 Å². The average molecular weight is 572 g/mol. The maximum absolute atomic E-state index is 2.54. The molecule has 1 fully saturated rings. The van der Waals surface area contributed by atoms with Gasteiger partial charge in [0.2, 0.25) is 0 Å². The van der Waals surface area contributed by atoms with Crippen LogP contribution >= 0.6 is 0 Å². The molecule has 44 heavy (non-hydrogen) atoms. The molecule has 0 amide bonds. The monoisotopic (exact) mass is 571 g/mol. The van der Waals surface area contributed by atoms with Gasteiger partial charge < -0.3 is 4.39 Å². The average Bonchev–Trinajstić information content (AvgIpc) is 3.07. The Kier molecular flexibility index (Phi) is 6.72. The molecule has 1 heterocycles. The highest BCUT2D eigenvalue weighted by atomic mass is 15.3. The van der Waals surface area contributed by atoms with Crippen LogP contribution in [0.2, 0.25) is 0 Å². The molecule has 1 aliphatic carbocycles. The van der Waals surface area contributed by atoms with Gasteiger partial charge in [-0.25, -0.2) is 0 Å². The van der Waals surface area contributed by atoms with E-state index in [9.17, 15) is 0 Å². The van der Waals surface area contributed by atoms with Gasteiger partial charge in [0.25, 0.3) is 6.28 Å². The van der Waals surface area contributed by atoms with Crippen LogP contribution in [0.4, 0.5) is 0 Å². The first-order valence-electron chi connectivity index (χ1n) is 16.7. The number of rotatable bonds is 4. The van der Waals surface area contributed by atoms with Crippen molar-refractivity contribution in [2.75, 3.05) is 20.6 Å². The Morgan fingerprint density at radius 2 is 1.00 bits per heavy atom. The molecule has 218 valence electrons. The minimum absolute atomic E-state index is 0.660. The van der Waals surface area contributed by atoms with Gasteiger partial charge in [-0.2, -0.15) is 0 Å². The zero-order valence-electron chi connectivity index (χ0n) is 26.2. The minimum Gasteiger partial charge on any atom is -0.509 e. The fraction of sp³-hybridized carbons (Fsp3) is 0.238. The fourth-order valence-electron chi connectivity index (χ4n) is 9.28. The lowest BCUT2D eigenvalue weighted by atomic mass is 9.19. The van der Waals surface area contributed by atoms with Crippen molar-refractivity contribution in [3.05, 3.63) is 139 Å². The second-order valence-electron chi connectivity index (χ2n) is 14.1. The Morgan fingerprint density at radius 1 is 0.523 bits per heavy atom. The smallest absolute Gasteiger partial charge is 0.291 e. The van der Waals surface area contributed by atoms with Crippen molar-refractivity contribution in [1.29, 1.82) is 0 Å². The van der Waals surface area contributed by atoms with Crippen molar-refractivity contribution in [1.82, 2.24) is 0 Å². The second kappa shape index (κ2) is 10.8. The van der Waals surface area contributed by atoms with E-state index in [1.807, 2.05) is 0 Å². The lowest BCUT2D eigenvalue weighted by molar-refractivity contribution is -0.787. The minimum atomic E-state index is -1.41. The second-order valence-corrected chi connectivity index (χ2v) is 14.1. The van der Waals surface area contributed by atoms with Crippen molar-refractivity contribution >= 4 is 55.0 Å². The maximum atomic E-state index is 2.54. The Bertz CT molecular complexity index is 1970. The zero-order chi connectivity index (χ0) is 29.7. The van der Waals surface area contributed by atoms with Crippen LogP contribution in [0.5, 0.6) is 0 Å². The summed E-state index contributed by atoms with van der Waals surface area (Å²) >= 11 is 0. The Labute approximate surface area is 262 Å². The molecule has 1 nitrogen and oxygen atoms in total. The van der Waals surface area contributed by atoms with E-state index >= 15 is 0 Å². The van der Waals surface area contributed by atoms with E-state index in [1.165, 1.54) is 87.3 Å². The highest BCUT2D eigenvalue weighted by Gasteiger charge is 2.52. The molecule has 0 bridgehead atoms. The highest BCUT2D eigenvalue weighted by Crippen LogP contribution is 2.46. The number of quaternary nitrogens is 1. The molecule has 2 aliphatic rings. The van der Waals surface area contributed by atoms with Gasteiger partial charge >= 0.3 is 0 Å². The molecule has 0 unspecified atom stereocenters. The molecule has 6 aromatic carbocycles. The van der Waals surface area contributed by atoms with Crippen molar-refractivity contribution in [3.63, 3.8) is 0 Å².